The van der Waals surface area contributed by atoms with Crippen LogP contribution in [0.3, 0.4) is 0 Å². The fraction of sp³-hybridized carbons (Fsp3) is 0.130. The fourth-order valence-electron chi connectivity index (χ4n) is 3.46. The van der Waals surface area contributed by atoms with Crippen molar-refractivity contribution in [2.45, 2.75) is 18.8 Å². The van der Waals surface area contributed by atoms with Crippen molar-refractivity contribution in [2.75, 3.05) is 0 Å². The minimum absolute atomic E-state index is 0.176. The van der Waals surface area contributed by atoms with Crippen molar-refractivity contribution in [1.29, 1.82) is 0 Å². The van der Waals surface area contributed by atoms with Crippen LogP contribution in [0.25, 0.3) is 22.0 Å². The molecule has 0 unspecified atom stereocenters. The minimum Gasteiger partial charge on any atom is -0.166 e. The zero-order valence-corrected chi connectivity index (χ0v) is 15.8. The van der Waals surface area contributed by atoms with E-state index in [0.717, 1.165) is 23.8 Å². The molecule has 0 spiro atoms. The van der Waals surface area contributed by atoms with Gasteiger partial charge in [0.05, 0.1) is 16.8 Å². The van der Waals surface area contributed by atoms with E-state index >= 15 is 0 Å². The number of hydrogen-bond acceptors (Lipinski definition) is 2. The number of halogens is 6. The van der Waals surface area contributed by atoms with Crippen LogP contribution < -0.4 is 0 Å². The summed E-state index contributed by atoms with van der Waals surface area (Å²) in [7, 11) is 0. The quantitative estimate of drug-likeness (QED) is 0.328. The zero-order valence-electron chi connectivity index (χ0n) is 15.8. The number of nitrogens with zero attached hydrogens (tertiary/aromatic N) is 2. The monoisotopic (exact) mass is 432 g/mol. The van der Waals surface area contributed by atoms with E-state index in [1.54, 1.807) is 0 Å². The van der Waals surface area contributed by atoms with Crippen molar-refractivity contribution in [3.63, 3.8) is 0 Å². The molecule has 0 amide bonds. The van der Waals surface area contributed by atoms with Gasteiger partial charge in [-0.3, -0.25) is 0 Å². The molecule has 0 saturated heterocycles. The molecule has 31 heavy (non-hydrogen) atoms. The standard InChI is InChI=1S/C23H14F6N2/c24-22(25,26)16-11-9-15(10-12-16)20-17-7-4-8-18(23(27,28)29)21(17)31-30-19(20)13-14-5-2-1-3-6-14/h1-12H,13H2. The van der Waals surface area contributed by atoms with Gasteiger partial charge in [-0.15, -0.1) is 5.10 Å². The first-order valence-corrected chi connectivity index (χ1v) is 9.21. The van der Waals surface area contributed by atoms with Crippen LogP contribution in [-0.4, -0.2) is 10.2 Å². The molecule has 0 aliphatic carbocycles. The lowest BCUT2D eigenvalue weighted by Crippen LogP contribution is -2.09. The summed E-state index contributed by atoms with van der Waals surface area (Å²) in [5, 5.41) is 8.06. The van der Waals surface area contributed by atoms with Crippen molar-refractivity contribution in [3.05, 3.63) is 95.2 Å². The second kappa shape index (κ2) is 7.68. The average Bonchev–Trinajstić information content (AvgIpc) is 2.72. The smallest absolute Gasteiger partial charge is 0.166 e. The van der Waals surface area contributed by atoms with Gasteiger partial charge < -0.3 is 0 Å². The molecule has 0 radical (unpaired) electrons. The van der Waals surface area contributed by atoms with Crippen molar-refractivity contribution >= 4 is 10.9 Å². The Morgan fingerprint density at radius 3 is 1.94 bits per heavy atom. The molecule has 0 N–H and O–H groups in total. The molecule has 4 aromatic rings. The molecule has 0 fully saturated rings. The Bertz CT molecular complexity index is 1210. The van der Waals surface area contributed by atoms with Crippen LogP contribution in [0.5, 0.6) is 0 Å². The first-order valence-electron chi connectivity index (χ1n) is 9.21. The van der Waals surface area contributed by atoms with Crippen LogP contribution in [0.15, 0.2) is 72.8 Å². The maximum absolute atomic E-state index is 13.5. The number of hydrogen-bond donors (Lipinski definition) is 0. The second-order valence-electron chi connectivity index (χ2n) is 6.96. The molecule has 4 rings (SSSR count). The second-order valence-corrected chi connectivity index (χ2v) is 6.96. The lowest BCUT2D eigenvalue weighted by Gasteiger charge is -2.16. The number of fused-ring (bicyclic) bond motifs is 1. The van der Waals surface area contributed by atoms with Gasteiger partial charge in [-0.1, -0.05) is 54.6 Å². The Morgan fingerprint density at radius 2 is 1.32 bits per heavy atom. The normalized spacial score (nSPS) is 12.3. The average molecular weight is 432 g/mol. The third-order valence-corrected chi connectivity index (χ3v) is 4.89. The molecule has 0 saturated carbocycles. The third kappa shape index (κ3) is 4.23. The number of rotatable bonds is 3. The van der Waals surface area contributed by atoms with Gasteiger partial charge in [0.25, 0.3) is 0 Å². The molecule has 0 aliphatic rings. The van der Waals surface area contributed by atoms with E-state index in [4.69, 9.17) is 0 Å². The van der Waals surface area contributed by atoms with Gasteiger partial charge in [0.15, 0.2) is 0 Å². The highest BCUT2D eigenvalue weighted by Crippen LogP contribution is 2.39. The van der Waals surface area contributed by atoms with Crippen molar-refractivity contribution in [2.24, 2.45) is 0 Å². The Balaban J connectivity index is 1.95. The summed E-state index contributed by atoms with van der Waals surface area (Å²) in [6.07, 6.45) is -8.91. The highest BCUT2D eigenvalue weighted by molar-refractivity contribution is 5.97. The molecule has 2 nitrogen and oxygen atoms in total. The van der Waals surface area contributed by atoms with E-state index < -0.39 is 23.5 Å². The van der Waals surface area contributed by atoms with E-state index in [9.17, 15) is 26.3 Å². The molecule has 0 aliphatic heterocycles. The van der Waals surface area contributed by atoms with Gasteiger partial charge in [-0.05, 0) is 29.3 Å². The Hall–Kier alpha value is -3.42. The minimum atomic E-state index is -4.65. The van der Waals surface area contributed by atoms with Crippen LogP contribution in [0.4, 0.5) is 26.3 Å². The first kappa shape index (κ1) is 20.8. The van der Waals surface area contributed by atoms with Gasteiger partial charge in [0.2, 0.25) is 0 Å². The third-order valence-electron chi connectivity index (χ3n) is 4.89. The van der Waals surface area contributed by atoms with Gasteiger partial charge in [0, 0.05) is 17.4 Å². The molecule has 1 aromatic heterocycles. The summed E-state index contributed by atoms with van der Waals surface area (Å²) < 4.78 is 79.4. The molecular formula is C23H14F6N2. The number of alkyl halides is 6. The lowest BCUT2D eigenvalue weighted by molar-refractivity contribution is -0.138. The Labute approximate surface area is 173 Å². The maximum Gasteiger partial charge on any atom is 0.418 e. The van der Waals surface area contributed by atoms with Crippen LogP contribution in [0.1, 0.15) is 22.4 Å². The first-order chi connectivity index (χ1) is 14.6. The summed E-state index contributed by atoms with van der Waals surface area (Å²) in [5.41, 5.74) is -0.261. The Kier molecular flexibility index (Phi) is 5.16. The highest BCUT2D eigenvalue weighted by Gasteiger charge is 2.34. The zero-order chi connectivity index (χ0) is 22.2. The maximum atomic E-state index is 13.5. The van der Waals surface area contributed by atoms with Crippen LogP contribution in [-0.2, 0) is 18.8 Å². The molecule has 158 valence electrons. The Morgan fingerprint density at radius 1 is 0.645 bits per heavy atom. The van der Waals surface area contributed by atoms with Crippen LogP contribution in [0, 0.1) is 0 Å². The SMILES string of the molecule is FC(F)(F)c1ccc(-c2c(Cc3ccccc3)nnc3c(C(F)(F)F)cccc23)cc1. The summed E-state index contributed by atoms with van der Waals surface area (Å²) in [5.74, 6) is 0. The summed E-state index contributed by atoms with van der Waals surface area (Å²) in [6, 6.07) is 17.0. The number of aromatic nitrogens is 2. The number of benzene rings is 3. The predicted molar refractivity (Wildman–Crippen MR) is 104 cm³/mol. The lowest BCUT2D eigenvalue weighted by atomic mass is 9.94. The molecule has 1 heterocycles. The summed E-state index contributed by atoms with van der Waals surface area (Å²) in [4.78, 5) is 0. The summed E-state index contributed by atoms with van der Waals surface area (Å²) in [6.45, 7) is 0. The van der Waals surface area contributed by atoms with E-state index in [-0.39, 0.29) is 17.3 Å². The van der Waals surface area contributed by atoms with Crippen LogP contribution in [0.2, 0.25) is 0 Å². The fourth-order valence-corrected chi connectivity index (χ4v) is 3.46. The highest BCUT2D eigenvalue weighted by atomic mass is 19.4. The topological polar surface area (TPSA) is 25.8 Å². The van der Waals surface area contributed by atoms with Crippen molar-refractivity contribution in [3.8, 4) is 11.1 Å². The predicted octanol–water partition coefficient (Wildman–Crippen LogP) is 6.93. The van der Waals surface area contributed by atoms with E-state index in [1.807, 2.05) is 30.3 Å². The molecule has 0 bridgehead atoms. The molecular weight excluding hydrogens is 418 g/mol. The largest absolute Gasteiger partial charge is 0.418 e. The van der Waals surface area contributed by atoms with Gasteiger partial charge >= 0.3 is 12.4 Å². The van der Waals surface area contributed by atoms with Gasteiger partial charge in [-0.25, -0.2) is 0 Å². The van der Waals surface area contributed by atoms with E-state index in [2.05, 4.69) is 10.2 Å². The molecule has 3 aromatic carbocycles. The van der Waals surface area contributed by atoms with Crippen molar-refractivity contribution in [1.82, 2.24) is 10.2 Å². The van der Waals surface area contributed by atoms with Crippen LogP contribution >= 0.6 is 0 Å². The van der Waals surface area contributed by atoms with E-state index in [0.29, 0.717) is 16.8 Å². The molecule has 0 atom stereocenters. The molecule has 8 heteroatoms. The summed E-state index contributed by atoms with van der Waals surface area (Å²) >= 11 is 0. The van der Waals surface area contributed by atoms with Gasteiger partial charge in [0.1, 0.15) is 5.52 Å². The van der Waals surface area contributed by atoms with Gasteiger partial charge in [-0.2, -0.15) is 31.4 Å². The van der Waals surface area contributed by atoms with Crippen molar-refractivity contribution < 1.29 is 26.3 Å². The van der Waals surface area contributed by atoms with E-state index in [1.165, 1.54) is 24.3 Å².